The van der Waals surface area contributed by atoms with E-state index >= 15 is 0 Å². The first kappa shape index (κ1) is 21.3. The van der Waals surface area contributed by atoms with Gasteiger partial charge in [-0.25, -0.2) is 18.4 Å². The van der Waals surface area contributed by atoms with Crippen molar-refractivity contribution in [2.24, 2.45) is 0 Å². The number of hydrogen-bond acceptors (Lipinski definition) is 4. The van der Waals surface area contributed by atoms with Crippen LogP contribution in [0.5, 0.6) is 0 Å². The molecule has 0 bridgehead atoms. The van der Waals surface area contributed by atoms with Crippen molar-refractivity contribution < 1.29 is 8.42 Å². The van der Waals surface area contributed by atoms with Crippen LogP contribution in [0.15, 0.2) is 59.9 Å². The highest BCUT2D eigenvalue weighted by molar-refractivity contribution is 7.92. The molecule has 0 aliphatic carbocycles. The Morgan fingerprint density at radius 1 is 1.17 bits per heavy atom. The van der Waals surface area contributed by atoms with Gasteiger partial charge in [-0.05, 0) is 24.6 Å². The Kier molecular flexibility index (Phi) is 6.59. The topological polar surface area (TPSA) is 68.1 Å². The highest BCUT2D eigenvalue weighted by atomic mass is 35.5. The first-order chi connectivity index (χ1) is 13.9. The molecular formula is C21H25ClN4O2S. The molecule has 0 atom stereocenters. The van der Waals surface area contributed by atoms with Crippen molar-refractivity contribution in [3.63, 3.8) is 0 Å². The van der Waals surface area contributed by atoms with E-state index in [1.54, 1.807) is 48.8 Å². The van der Waals surface area contributed by atoms with Gasteiger partial charge in [-0.2, -0.15) is 0 Å². The largest absolute Gasteiger partial charge is 0.286 e. The molecule has 0 aliphatic rings. The zero-order valence-electron chi connectivity index (χ0n) is 16.8. The first-order valence-electron chi connectivity index (χ1n) is 9.63. The van der Waals surface area contributed by atoms with E-state index in [1.165, 1.54) is 10.5 Å². The summed E-state index contributed by atoms with van der Waals surface area (Å²) in [7, 11) is -3.79. The van der Waals surface area contributed by atoms with Gasteiger partial charge in [-0.3, -0.25) is 8.87 Å². The molecule has 0 amide bonds. The lowest BCUT2D eigenvalue weighted by molar-refractivity contribution is 0.588. The number of anilines is 1. The Labute approximate surface area is 177 Å². The van der Waals surface area contributed by atoms with E-state index < -0.39 is 10.0 Å². The summed E-state index contributed by atoms with van der Waals surface area (Å²) in [6, 6.07) is 10.1. The summed E-state index contributed by atoms with van der Waals surface area (Å²) in [6.45, 7) is 6.42. The minimum atomic E-state index is -3.79. The molecule has 0 saturated carbocycles. The molecule has 0 N–H and O–H groups in total. The molecule has 29 heavy (non-hydrogen) atoms. The van der Waals surface area contributed by atoms with Gasteiger partial charge in [0.15, 0.2) is 5.82 Å². The van der Waals surface area contributed by atoms with E-state index in [1.807, 2.05) is 25.3 Å². The molecule has 3 aromatic rings. The van der Waals surface area contributed by atoms with Gasteiger partial charge < -0.3 is 0 Å². The van der Waals surface area contributed by atoms with Gasteiger partial charge in [0.25, 0.3) is 10.0 Å². The summed E-state index contributed by atoms with van der Waals surface area (Å²) in [5, 5.41) is 0.375. The third kappa shape index (κ3) is 4.46. The molecule has 0 spiro atoms. The number of sulfonamides is 1. The predicted molar refractivity (Wildman–Crippen MR) is 116 cm³/mol. The smallest absolute Gasteiger partial charge is 0.264 e. The van der Waals surface area contributed by atoms with Gasteiger partial charge in [0.2, 0.25) is 0 Å². The molecule has 0 unspecified atom stereocenters. The van der Waals surface area contributed by atoms with Gasteiger partial charge in [0.05, 0.1) is 15.6 Å². The van der Waals surface area contributed by atoms with Gasteiger partial charge >= 0.3 is 0 Å². The Balaban J connectivity index is 2.21. The molecule has 8 heteroatoms. The number of benzene rings is 1. The molecule has 154 valence electrons. The third-order valence-electron chi connectivity index (χ3n) is 4.54. The monoisotopic (exact) mass is 432 g/mol. The number of halogens is 1. The van der Waals surface area contributed by atoms with E-state index in [0.29, 0.717) is 29.5 Å². The Bertz CT molecular complexity index is 1070. The molecule has 2 aromatic heterocycles. The number of rotatable bonds is 8. The van der Waals surface area contributed by atoms with Gasteiger partial charge in [0.1, 0.15) is 5.82 Å². The maximum Gasteiger partial charge on any atom is 0.264 e. The molecule has 1 aromatic carbocycles. The Morgan fingerprint density at radius 2 is 1.90 bits per heavy atom. The van der Waals surface area contributed by atoms with Crippen LogP contribution >= 0.6 is 11.6 Å². The minimum Gasteiger partial charge on any atom is -0.286 e. The second kappa shape index (κ2) is 8.97. The van der Waals surface area contributed by atoms with Crippen LogP contribution in [-0.2, 0) is 10.0 Å². The predicted octanol–water partition coefficient (Wildman–Crippen LogP) is 5.04. The summed E-state index contributed by atoms with van der Waals surface area (Å²) in [4.78, 5) is 9.14. The standard InChI is InChI=1S/C21H25ClN4O2S/c1-4-5-12-26(29(27,28)18-9-7-6-8-10-18)19-14-17(22)15-24-21(19)25-13-11-23-20(25)16(2)3/h6-11,13-16H,4-5,12H2,1-3H3. The fourth-order valence-corrected chi connectivity index (χ4v) is 4.77. The van der Waals surface area contributed by atoms with Crippen LogP contribution in [0.1, 0.15) is 45.4 Å². The van der Waals surface area contributed by atoms with Crippen LogP contribution in [-0.4, -0.2) is 29.5 Å². The number of hydrogen-bond donors (Lipinski definition) is 0. The fraction of sp³-hybridized carbons (Fsp3) is 0.333. The molecule has 0 fully saturated rings. The van der Waals surface area contributed by atoms with Crippen LogP contribution < -0.4 is 4.31 Å². The average Bonchev–Trinajstić information content (AvgIpc) is 3.19. The fourth-order valence-electron chi connectivity index (χ4n) is 3.10. The lowest BCUT2D eigenvalue weighted by Gasteiger charge is -2.27. The van der Waals surface area contributed by atoms with E-state index in [2.05, 4.69) is 9.97 Å². The number of nitrogens with zero attached hydrogens (tertiary/aromatic N) is 4. The zero-order chi connectivity index (χ0) is 21.0. The first-order valence-corrected chi connectivity index (χ1v) is 11.4. The van der Waals surface area contributed by atoms with E-state index in [0.717, 1.165) is 12.2 Å². The van der Waals surface area contributed by atoms with Gasteiger partial charge in [-0.15, -0.1) is 0 Å². The van der Waals surface area contributed by atoms with Crippen LogP contribution in [0.3, 0.4) is 0 Å². The van der Waals surface area contributed by atoms with Crippen LogP contribution in [0.4, 0.5) is 5.69 Å². The number of unbranched alkanes of at least 4 members (excludes halogenated alkanes) is 1. The van der Waals surface area contributed by atoms with Crippen molar-refractivity contribution in [3.8, 4) is 5.82 Å². The molecule has 0 radical (unpaired) electrons. The van der Waals surface area contributed by atoms with Crippen molar-refractivity contribution in [1.29, 1.82) is 0 Å². The molecule has 0 aliphatic heterocycles. The normalized spacial score (nSPS) is 11.8. The van der Waals surface area contributed by atoms with Crippen molar-refractivity contribution in [1.82, 2.24) is 14.5 Å². The van der Waals surface area contributed by atoms with Crippen LogP contribution in [0, 0.1) is 0 Å². The van der Waals surface area contributed by atoms with Crippen molar-refractivity contribution in [2.75, 3.05) is 10.8 Å². The van der Waals surface area contributed by atoms with E-state index in [9.17, 15) is 8.42 Å². The SMILES string of the molecule is CCCCN(c1cc(Cl)cnc1-n1ccnc1C(C)C)S(=O)(=O)c1ccccc1. The number of pyridine rings is 1. The van der Waals surface area contributed by atoms with Crippen molar-refractivity contribution in [2.45, 2.75) is 44.4 Å². The Hall–Kier alpha value is -2.38. The van der Waals surface area contributed by atoms with Gasteiger partial charge in [-0.1, -0.05) is 57.0 Å². The lowest BCUT2D eigenvalue weighted by Crippen LogP contribution is -2.33. The molecule has 6 nitrogen and oxygen atoms in total. The quantitative estimate of drug-likeness (QED) is 0.500. The summed E-state index contributed by atoms with van der Waals surface area (Å²) in [5.41, 5.74) is 0.440. The number of aromatic nitrogens is 3. The maximum absolute atomic E-state index is 13.5. The van der Waals surface area contributed by atoms with Crippen LogP contribution in [0.2, 0.25) is 5.02 Å². The Morgan fingerprint density at radius 3 is 2.55 bits per heavy atom. The summed E-state index contributed by atoms with van der Waals surface area (Å²) in [6.07, 6.45) is 6.57. The molecule has 3 rings (SSSR count). The minimum absolute atomic E-state index is 0.144. The lowest BCUT2D eigenvalue weighted by atomic mass is 10.2. The van der Waals surface area contributed by atoms with Crippen molar-refractivity contribution >= 4 is 27.3 Å². The summed E-state index contributed by atoms with van der Waals surface area (Å²) < 4.78 is 30.3. The average molecular weight is 433 g/mol. The molecule has 0 saturated heterocycles. The summed E-state index contributed by atoms with van der Waals surface area (Å²) in [5.74, 6) is 1.44. The maximum atomic E-state index is 13.5. The van der Waals surface area contributed by atoms with Crippen molar-refractivity contribution in [3.05, 3.63) is 65.8 Å². The van der Waals surface area contributed by atoms with Crippen LogP contribution in [0.25, 0.3) is 5.82 Å². The van der Waals surface area contributed by atoms with E-state index in [4.69, 9.17) is 11.6 Å². The highest BCUT2D eigenvalue weighted by Gasteiger charge is 2.28. The third-order valence-corrected chi connectivity index (χ3v) is 6.58. The second-order valence-electron chi connectivity index (χ2n) is 7.05. The summed E-state index contributed by atoms with van der Waals surface area (Å²) >= 11 is 6.25. The van der Waals surface area contributed by atoms with E-state index in [-0.39, 0.29) is 10.8 Å². The molecule has 2 heterocycles. The molecular weight excluding hydrogens is 408 g/mol. The number of imidazole rings is 1. The van der Waals surface area contributed by atoms with Gasteiger partial charge in [0, 0.05) is 31.1 Å². The zero-order valence-corrected chi connectivity index (χ0v) is 18.4. The highest BCUT2D eigenvalue weighted by Crippen LogP contribution is 2.32. The second-order valence-corrected chi connectivity index (χ2v) is 9.35.